The molecule has 0 saturated carbocycles. The molecule has 0 saturated heterocycles. The van der Waals surface area contributed by atoms with Crippen LogP contribution >= 0.6 is 0 Å². The SMILES string of the molecule is NS(=O)(=O)c1ccc(CCNC(=O)Cc2ccc3c(c2)CCCC3)cc1. The summed E-state index contributed by atoms with van der Waals surface area (Å²) in [7, 11) is -3.66. The van der Waals surface area contributed by atoms with Crippen LogP contribution in [0.25, 0.3) is 0 Å². The molecule has 0 aromatic heterocycles. The average molecular weight is 372 g/mol. The Hall–Kier alpha value is -2.18. The van der Waals surface area contributed by atoms with Crippen LogP contribution in [-0.4, -0.2) is 20.9 Å². The molecular formula is C20H24N2O3S. The lowest BCUT2D eigenvalue weighted by Gasteiger charge is -2.16. The van der Waals surface area contributed by atoms with E-state index >= 15 is 0 Å². The first-order valence-electron chi connectivity index (χ1n) is 8.91. The maximum Gasteiger partial charge on any atom is 0.238 e. The second-order valence-corrected chi connectivity index (χ2v) is 8.34. The van der Waals surface area contributed by atoms with Crippen LogP contribution in [-0.2, 0) is 40.5 Å². The van der Waals surface area contributed by atoms with Crippen LogP contribution in [0.15, 0.2) is 47.4 Å². The number of primary sulfonamides is 1. The van der Waals surface area contributed by atoms with Crippen molar-refractivity contribution in [3.05, 3.63) is 64.7 Å². The molecule has 1 amide bonds. The Balaban J connectivity index is 1.48. The van der Waals surface area contributed by atoms with Crippen molar-refractivity contribution >= 4 is 15.9 Å². The smallest absolute Gasteiger partial charge is 0.238 e. The number of sulfonamides is 1. The normalized spacial score (nSPS) is 13.9. The Morgan fingerprint density at radius 2 is 1.62 bits per heavy atom. The molecule has 6 heteroatoms. The number of nitrogens with two attached hydrogens (primary N) is 1. The zero-order chi connectivity index (χ0) is 18.6. The summed E-state index contributed by atoms with van der Waals surface area (Å²) in [6, 6.07) is 12.8. The second-order valence-electron chi connectivity index (χ2n) is 6.78. The Bertz CT molecular complexity index is 890. The Kier molecular flexibility index (Phi) is 5.74. The molecule has 3 N–H and O–H groups in total. The largest absolute Gasteiger partial charge is 0.355 e. The lowest BCUT2D eigenvalue weighted by atomic mass is 9.90. The number of carbonyl (C=O) groups is 1. The van der Waals surface area contributed by atoms with Gasteiger partial charge in [-0.2, -0.15) is 0 Å². The van der Waals surface area contributed by atoms with Crippen molar-refractivity contribution in [2.45, 2.75) is 43.4 Å². The van der Waals surface area contributed by atoms with E-state index in [-0.39, 0.29) is 10.8 Å². The van der Waals surface area contributed by atoms with E-state index in [1.54, 1.807) is 12.1 Å². The molecule has 26 heavy (non-hydrogen) atoms. The summed E-state index contributed by atoms with van der Waals surface area (Å²) in [5, 5.41) is 8.00. The topological polar surface area (TPSA) is 89.3 Å². The lowest BCUT2D eigenvalue weighted by molar-refractivity contribution is -0.120. The van der Waals surface area contributed by atoms with Gasteiger partial charge in [0.25, 0.3) is 0 Å². The van der Waals surface area contributed by atoms with Gasteiger partial charge >= 0.3 is 0 Å². The fraction of sp³-hybridized carbons (Fsp3) is 0.350. The fourth-order valence-corrected chi connectivity index (χ4v) is 3.85. The molecule has 0 spiro atoms. The average Bonchev–Trinajstić information content (AvgIpc) is 2.61. The van der Waals surface area contributed by atoms with Crippen molar-refractivity contribution in [1.29, 1.82) is 0 Å². The molecule has 0 aliphatic heterocycles. The third kappa shape index (κ3) is 4.93. The predicted molar refractivity (Wildman–Crippen MR) is 101 cm³/mol. The summed E-state index contributed by atoms with van der Waals surface area (Å²) in [5.74, 6) is 0.00177. The number of nitrogens with one attached hydrogen (secondary N) is 1. The summed E-state index contributed by atoms with van der Waals surface area (Å²) >= 11 is 0. The highest BCUT2D eigenvalue weighted by atomic mass is 32.2. The highest BCUT2D eigenvalue weighted by Gasteiger charge is 2.11. The molecule has 0 atom stereocenters. The molecule has 5 nitrogen and oxygen atoms in total. The standard InChI is InChI=1S/C20H24N2O3S/c21-26(24,25)19-9-6-15(7-10-19)11-12-22-20(23)14-16-5-8-17-3-1-2-4-18(17)13-16/h5-10,13H,1-4,11-12,14H2,(H,22,23)(H2,21,24,25). The van der Waals surface area contributed by atoms with E-state index in [0.29, 0.717) is 19.4 Å². The maximum absolute atomic E-state index is 12.1. The van der Waals surface area contributed by atoms with Crippen LogP contribution in [0.5, 0.6) is 0 Å². The predicted octanol–water partition coefficient (Wildman–Crippen LogP) is 2.11. The molecule has 2 aromatic carbocycles. The fourth-order valence-electron chi connectivity index (χ4n) is 3.34. The van der Waals surface area contributed by atoms with Gasteiger partial charge in [0.15, 0.2) is 0 Å². The number of amides is 1. The van der Waals surface area contributed by atoms with Crippen LogP contribution in [0.2, 0.25) is 0 Å². The Morgan fingerprint density at radius 1 is 0.962 bits per heavy atom. The van der Waals surface area contributed by atoms with Crippen LogP contribution in [0.4, 0.5) is 0 Å². The van der Waals surface area contributed by atoms with Gasteiger partial charge in [0, 0.05) is 6.54 Å². The monoisotopic (exact) mass is 372 g/mol. The zero-order valence-electron chi connectivity index (χ0n) is 14.7. The van der Waals surface area contributed by atoms with Crippen LogP contribution in [0.3, 0.4) is 0 Å². The van der Waals surface area contributed by atoms with Gasteiger partial charge in [0.1, 0.15) is 0 Å². The van der Waals surface area contributed by atoms with Gasteiger partial charge in [-0.1, -0.05) is 30.3 Å². The summed E-state index contributed by atoms with van der Waals surface area (Å²) in [4.78, 5) is 12.2. The van der Waals surface area contributed by atoms with Crippen LogP contribution < -0.4 is 10.5 Å². The van der Waals surface area contributed by atoms with Gasteiger partial charge in [-0.05, 0) is 66.5 Å². The number of rotatable bonds is 6. The van der Waals surface area contributed by atoms with Gasteiger partial charge in [0.2, 0.25) is 15.9 Å². The first kappa shape index (κ1) is 18.6. The summed E-state index contributed by atoms with van der Waals surface area (Å²) in [5.41, 5.74) is 4.81. The van der Waals surface area contributed by atoms with Gasteiger partial charge in [-0.3, -0.25) is 4.79 Å². The number of hydrogen-bond acceptors (Lipinski definition) is 3. The molecule has 0 radical (unpaired) electrons. The first-order valence-corrected chi connectivity index (χ1v) is 10.5. The van der Waals surface area contributed by atoms with E-state index in [2.05, 4.69) is 23.5 Å². The minimum Gasteiger partial charge on any atom is -0.355 e. The van der Waals surface area contributed by atoms with E-state index in [1.807, 2.05) is 0 Å². The molecule has 1 aliphatic carbocycles. The second kappa shape index (κ2) is 8.01. The highest BCUT2D eigenvalue weighted by molar-refractivity contribution is 7.89. The molecule has 0 fully saturated rings. The third-order valence-corrected chi connectivity index (χ3v) is 5.69. The van der Waals surface area contributed by atoms with Crippen molar-refractivity contribution in [3.8, 4) is 0 Å². The maximum atomic E-state index is 12.1. The zero-order valence-corrected chi connectivity index (χ0v) is 15.5. The lowest BCUT2D eigenvalue weighted by Crippen LogP contribution is -2.27. The van der Waals surface area contributed by atoms with Gasteiger partial charge in [0.05, 0.1) is 11.3 Å². The van der Waals surface area contributed by atoms with Gasteiger partial charge < -0.3 is 5.32 Å². The molecule has 138 valence electrons. The molecule has 2 aromatic rings. The molecule has 0 heterocycles. The van der Waals surface area contributed by atoms with E-state index < -0.39 is 10.0 Å². The number of aryl methyl sites for hydroxylation is 2. The minimum absolute atomic E-state index is 0.00177. The van der Waals surface area contributed by atoms with E-state index in [1.165, 1.54) is 36.1 Å². The summed E-state index contributed by atoms with van der Waals surface area (Å²) in [6.45, 7) is 0.512. The van der Waals surface area contributed by atoms with Crippen molar-refractivity contribution in [2.75, 3.05) is 6.54 Å². The van der Waals surface area contributed by atoms with E-state index in [4.69, 9.17) is 5.14 Å². The van der Waals surface area contributed by atoms with Crippen molar-refractivity contribution in [3.63, 3.8) is 0 Å². The van der Waals surface area contributed by atoms with Crippen molar-refractivity contribution in [1.82, 2.24) is 5.32 Å². The highest BCUT2D eigenvalue weighted by Crippen LogP contribution is 2.22. The third-order valence-electron chi connectivity index (χ3n) is 4.77. The summed E-state index contributed by atoms with van der Waals surface area (Å²) in [6.07, 6.45) is 5.77. The molecular weight excluding hydrogens is 348 g/mol. The molecule has 3 rings (SSSR count). The van der Waals surface area contributed by atoms with Crippen LogP contribution in [0.1, 0.15) is 35.1 Å². The number of benzene rings is 2. The molecule has 0 unspecified atom stereocenters. The molecule has 1 aliphatic rings. The first-order chi connectivity index (χ1) is 12.4. The van der Waals surface area contributed by atoms with Crippen molar-refractivity contribution < 1.29 is 13.2 Å². The van der Waals surface area contributed by atoms with E-state index in [0.717, 1.165) is 24.0 Å². The van der Waals surface area contributed by atoms with Crippen molar-refractivity contribution in [2.24, 2.45) is 5.14 Å². The number of carbonyl (C=O) groups excluding carboxylic acids is 1. The number of fused-ring (bicyclic) bond motifs is 1. The van der Waals surface area contributed by atoms with Crippen LogP contribution in [0, 0.1) is 0 Å². The number of hydrogen-bond donors (Lipinski definition) is 2. The Labute approximate surface area is 154 Å². The minimum atomic E-state index is -3.66. The Morgan fingerprint density at radius 3 is 2.31 bits per heavy atom. The van der Waals surface area contributed by atoms with Gasteiger partial charge in [-0.15, -0.1) is 0 Å². The summed E-state index contributed by atoms with van der Waals surface area (Å²) < 4.78 is 22.5. The molecule has 0 bridgehead atoms. The van der Waals surface area contributed by atoms with Gasteiger partial charge in [-0.25, -0.2) is 13.6 Å². The quantitative estimate of drug-likeness (QED) is 0.814. The van der Waals surface area contributed by atoms with E-state index in [9.17, 15) is 13.2 Å².